The number of nitrogens with one attached hydrogen (secondary N) is 1. The van der Waals surface area contributed by atoms with E-state index < -0.39 is 0 Å². The summed E-state index contributed by atoms with van der Waals surface area (Å²) in [5.74, 6) is 0.138. The number of nitrogens with zero attached hydrogens (tertiary/aromatic N) is 1. The fourth-order valence-electron chi connectivity index (χ4n) is 1.50. The topological polar surface area (TPSA) is 84.0 Å². The molecule has 0 saturated carbocycles. The van der Waals surface area contributed by atoms with Crippen molar-refractivity contribution in [1.29, 1.82) is 0 Å². The molecule has 5 heteroatoms. The Morgan fingerprint density at radius 1 is 1.50 bits per heavy atom. The van der Waals surface area contributed by atoms with Crippen LogP contribution in [0, 0.1) is 0 Å². The third-order valence-corrected chi connectivity index (χ3v) is 2.11. The van der Waals surface area contributed by atoms with Crippen LogP contribution in [0.3, 0.4) is 0 Å². The second-order valence-corrected chi connectivity index (χ2v) is 3.07. The molecule has 0 aliphatic rings. The second-order valence-electron chi connectivity index (χ2n) is 3.07. The maximum Gasteiger partial charge on any atom is 0.326 e. The summed E-state index contributed by atoms with van der Waals surface area (Å²) in [6.45, 7) is 0.886. The van der Waals surface area contributed by atoms with Gasteiger partial charge in [-0.2, -0.15) is 0 Å². The van der Waals surface area contributed by atoms with E-state index in [0.717, 1.165) is 5.52 Å². The van der Waals surface area contributed by atoms with Gasteiger partial charge in [-0.15, -0.1) is 0 Å². The Hall–Kier alpha value is -1.75. The zero-order valence-electron chi connectivity index (χ0n) is 7.53. The van der Waals surface area contributed by atoms with Gasteiger partial charge >= 0.3 is 5.69 Å². The van der Waals surface area contributed by atoms with Crippen LogP contribution in [0.5, 0.6) is 5.75 Å². The SMILES string of the molecule is NCCn1c(=O)[nH]c2cc(O)ccc21. The lowest BCUT2D eigenvalue weighted by Crippen LogP contribution is -2.21. The van der Waals surface area contributed by atoms with E-state index in [1.54, 1.807) is 16.7 Å². The van der Waals surface area contributed by atoms with Crippen molar-refractivity contribution in [3.05, 3.63) is 28.7 Å². The van der Waals surface area contributed by atoms with Crippen molar-refractivity contribution in [3.8, 4) is 5.75 Å². The van der Waals surface area contributed by atoms with Crippen LogP contribution in [0.15, 0.2) is 23.0 Å². The summed E-state index contributed by atoms with van der Waals surface area (Å²) in [6.07, 6.45) is 0. The number of aromatic nitrogens is 2. The number of H-pyrrole nitrogens is 1. The highest BCUT2D eigenvalue weighted by molar-refractivity contribution is 5.76. The van der Waals surface area contributed by atoms with Gasteiger partial charge in [0.25, 0.3) is 0 Å². The minimum Gasteiger partial charge on any atom is -0.508 e. The molecule has 2 rings (SSSR count). The highest BCUT2D eigenvalue weighted by Gasteiger charge is 2.05. The fraction of sp³-hybridized carbons (Fsp3) is 0.222. The third kappa shape index (κ3) is 1.27. The van der Waals surface area contributed by atoms with Gasteiger partial charge in [0.1, 0.15) is 5.75 Å². The maximum absolute atomic E-state index is 11.4. The number of hydrogen-bond acceptors (Lipinski definition) is 3. The number of aromatic hydroxyl groups is 1. The average Bonchev–Trinajstić information content (AvgIpc) is 2.43. The monoisotopic (exact) mass is 193 g/mol. The standard InChI is InChI=1S/C9H11N3O2/c10-3-4-12-8-2-1-6(13)5-7(8)11-9(12)14/h1-2,5,13H,3-4,10H2,(H,11,14). The van der Waals surface area contributed by atoms with E-state index in [1.807, 2.05) is 0 Å². The number of nitrogens with two attached hydrogens (primary N) is 1. The molecular formula is C9H11N3O2. The Balaban J connectivity index is 2.71. The molecule has 4 N–H and O–H groups in total. The Bertz CT molecular complexity index is 512. The van der Waals surface area contributed by atoms with E-state index in [-0.39, 0.29) is 11.4 Å². The van der Waals surface area contributed by atoms with Gasteiger partial charge in [0.05, 0.1) is 11.0 Å². The molecular weight excluding hydrogens is 182 g/mol. The molecule has 0 radical (unpaired) electrons. The quantitative estimate of drug-likeness (QED) is 0.627. The summed E-state index contributed by atoms with van der Waals surface area (Å²) in [4.78, 5) is 14.1. The molecule has 0 fully saturated rings. The van der Waals surface area contributed by atoms with Crippen LogP contribution < -0.4 is 11.4 Å². The van der Waals surface area contributed by atoms with Crippen LogP contribution in [-0.4, -0.2) is 21.2 Å². The van der Waals surface area contributed by atoms with Gasteiger partial charge in [0.15, 0.2) is 0 Å². The van der Waals surface area contributed by atoms with Crippen LogP contribution >= 0.6 is 0 Å². The number of phenols is 1. The zero-order valence-corrected chi connectivity index (χ0v) is 7.53. The lowest BCUT2D eigenvalue weighted by atomic mass is 10.3. The first kappa shape index (κ1) is 8.83. The van der Waals surface area contributed by atoms with Crippen molar-refractivity contribution in [2.75, 3.05) is 6.54 Å². The second kappa shape index (κ2) is 3.19. The number of imidazole rings is 1. The molecule has 0 aliphatic heterocycles. The van der Waals surface area contributed by atoms with Gasteiger partial charge in [0.2, 0.25) is 0 Å². The van der Waals surface area contributed by atoms with Gasteiger partial charge in [-0.05, 0) is 12.1 Å². The summed E-state index contributed by atoms with van der Waals surface area (Å²) >= 11 is 0. The third-order valence-electron chi connectivity index (χ3n) is 2.11. The van der Waals surface area contributed by atoms with Crippen LogP contribution in [0.25, 0.3) is 11.0 Å². The fourth-order valence-corrected chi connectivity index (χ4v) is 1.50. The molecule has 0 atom stereocenters. The molecule has 14 heavy (non-hydrogen) atoms. The molecule has 0 amide bonds. The summed E-state index contributed by atoms with van der Waals surface area (Å²) in [5.41, 5.74) is 6.58. The van der Waals surface area contributed by atoms with Crippen LogP contribution in [0.2, 0.25) is 0 Å². The first-order valence-electron chi connectivity index (χ1n) is 4.34. The Morgan fingerprint density at radius 2 is 2.29 bits per heavy atom. The van der Waals surface area contributed by atoms with Gasteiger partial charge < -0.3 is 15.8 Å². The normalized spacial score (nSPS) is 10.9. The number of benzene rings is 1. The first-order chi connectivity index (χ1) is 6.72. The van der Waals surface area contributed by atoms with Gasteiger partial charge in [-0.3, -0.25) is 4.57 Å². The van der Waals surface area contributed by atoms with E-state index in [0.29, 0.717) is 18.6 Å². The molecule has 1 aromatic carbocycles. The predicted octanol–water partition coefficient (Wildman–Crippen LogP) is -0.00610. The molecule has 74 valence electrons. The van der Waals surface area contributed by atoms with Crippen LogP contribution in [0.4, 0.5) is 0 Å². The highest BCUT2D eigenvalue weighted by atomic mass is 16.3. The van der Waals surface area contributed by atoms with Crippen molar-refractivity contribution in [2.45, 2.75) is 6.54 Å². The van der Waals surface area contributed by atoms with Crippen LogP contribution in [0.1, 0.15) is 0 Å². The Labute approximate surface area is 79.8 Å². The molecule has 0 bridgehead atoms. The van der Waals surface area contributed by atoms with E-state index in [4.69, 9.17) is 5.73 Å². The Kier molecular flexibility index (Phi) is 2.01. The highest BCUT2D eigenvalue weighted by Crippen LogP contribution is 2.16. The van der Waals surface area contributed by atoms with Crippen molar-refractivity contribution in [2.24, 2.45) is 5.73 Å². The average molecular weight is 193 g/mol. The lowest BCUT2D eigenvalue weighted by Gasteiger charge is -1.99. The molecule has 2 aromatic rings. The smallest absolute Gasteiger partial charge is 0.326 e. The number of fused-ring (bicyclic) bond motifs is 1. The molecule has 0 spiro atoms. The lowest BCUT2D eigenvalue weighted by molar-refractivity contribution is 0.476. The van der Waals surface area contributed by atoms with Crippen LogP contribution in [-0.2, 0) is 6.54 Å². The van der Waals surface area contributed by atoms with Gasteiger partial charge in [-0.25, -0.2) is 4.79 Å². The number of aromatic amines is 1. The summed E-state index contributed by atoms with van der Waals surface area (Å²) in [7, 11) is 0. The number of hydrogen-bond donors (Lipinski definition) is 3. The predicted molar refractivity (Wildman–Crippen MR) is 53.3 cm³/mol. The molecule has 1 aromatic heterocycles. The van der Waals surface area contributed by atoms with E-state index in [2.05, 4.69) is 4.98 Å². The number of rotatable bonds is 2. The minimum absolute atomic E-state index is 0.138. The molecule has 0 unspecified atom stereocenters. The molecule has 0 aliphatic carbocycles. The Morgan fingerprint density at radius 3 is 3.00 bits per heavy atom. The largest absolute Gasteiger partial charge is 0.508 e. The van der Waals surface area contributed by atoms with Crippen molar-refractivity contribution < 1.29 is 5.11 Å². The van der Waals surface area contributed by atoms with Crippen molar-refractivity contribution in [1.82, 2.24) is 9.55 Å². The minimum atomic E-state index is -0.198. The summed E-state index contributed by atoms with van der Waals surface area (Å²) < 4.78 is 1.55. The molecule has 5 nitrogen and oxygen atoms in total. The van der Waals surface area contributed by atoms with Crippen molar-refractivity contribution >= 4 is 11.0 Å². The van der Waals surface area contributed by atoms with E-state index in [9.17, 15) is 9.90 Å². The summed E-state index contributed by atoms with van der Waals surface area (Å²) in [6, 6.07) is 4.75. The summed E-state index contributed by atoms with van der Waals surface area (Å²) in [5, 5.41) is 9.20. The maximum atomic E-state index is 11.4. The molecule has 1 heterocycles. The molecule has 0 saturated heterocycles. The number of phenolic OH excluding ortho intramolecular Hbond substituents is 1. The van der Waals surface area contributed by atoms with Crippen molar-refractivity contribution in [3.63, 3.8) is 0 Å². The van der Waals surface area contributed by atoms with E-state index in [1.165, 1.54) is 6.07 Å². The van der Waals surface area contributed by atoms with E-state index >= 15 is 0 Å². The zero-order chi connectivity index (χ0) is 10.1. The first-order valence-corrected chi connectivity index (χ1v) is 4.34. The van der Waals surface area contributed by atoms with Gasteiger partial charge in [-0.1, -0.05) is 0 Å². The van der Waals surface area contributed by atoms with Gasteiger partial charge in [0, 0.05) is 19.2 Å².